The van der Waals surface area contributed by atoms with Crippen molar-refractivity contribution in [1.29, 1.82) is 0 Å². The molecule has 0 aliphatic carbocycles. The summed E-state index contributed by atoms with van der Waals surface area (Å²) in [5, 5.41) is 0. The van der Waals surface area contributed by atoms with Gasteiger partial charge in [0.2, 0.25) is 10.0 Å². The molecule has 5 heteroatoms. The molecule has 0 rings (SSSR count). The number of rotatable bonds is 6. The van der Waals surface area contributed by atoms with Gasteiger partial charge in [-0.25, -0.2) is 13.1 Å². The van der Waals surface area contributed by atoms with E-state index in [1.54, 1.807) is 0 Å². The van der Waals surface area contributed by atoms with Crippen molar-refractivity contribution in [2.24, 2.45) is 11.3 Å². The fraction of sp³-hybridized carbons (Fsp3) is 1.00. The second kappa shape index (κ2) is 6.22. The van der Waals surface area contributed by atoms with Crippen LogP contribution in [0.5, 0.6) is 0 Å². The predicted molar refractivity (Wildman–Crippen MR) is 70.3 cm³/mol. The summed E-state index contributed by atoms with van der Waals surface area (Å²) in [7, 11) is -3.23. The van der Waals surface area contributed by atoms with Crippen LogP contribution in [-0.4, -0.2) is 26.1 Å². The molecule has 0 heterocycles. The zero-order valence-corrected chi connectivity index (χ0v) is 12.5. The van der Waals surface area contributed by atoms with Gasteiger partial charge in [0, 0.05) is 11.9 Å². The third-order valence-electron chi connectivity index (χ3n) is 1.91. The Kier molecular flexibility index (Phi) is 6.30. The average Bonchev–Trinajstić information content (AvgIpc) is 1.96. The monoisotopic (exact) mass is 269 g/mol. The van der Waals surface area contributed by atoms with E-state index in [1.165, 1.54) is 0 Å². The Morgan fingerprint density at radius 2 is 1.75 bits per heavy atom. The summed E-state index contributed by atoms with van der Waals surface area (Å²) in [6.07, 6.45) is 0.771. The first kappa shape index (κ1) is 16.2. The fourth-order valence-electron chi connectivity index (χ4n) is 1.58. The summed E-state index contributed by atoms with van der Waals surface area (Å²) < 4.78 is 26.3. The predicted octanol–water partition coefficient (Wildman–Crippen LogP) is 2.61. The minimum absolute atomic E-state index is 0.130. The molecule has 0 aliphatic rings. The van der Waals surface area contributed by atoms with Gasteiger partial charge in [-0.3, -0.25) is 0 Å². The quantitative estimate of drug-likeness (QED) is 0.754. The molecule has 0 fully saturated rings. The van der Waals surface area contributed by atoms with E-state index >= 15 is 0 Å². The topological polar surface area (TPSA) is 46.2 Å². The minimum atomic E-state index is -3.23. The third-order valence-corrected chi connectivity index (χ3v) is 4.22. The number of halogens is 1. The highest BCUT2D eigenvalue weighted by Crippen LogP contribution is 2.16. The van der Waals surface area contributed by atoms with Gasteiger partial charge >= 0.3 is 0 Å². The summed E-state index contributed by atoms with van der Waals surface area (Å²) in [4.78, 5) is 0. The van der Waals surface area contributed by atoms with Gasteiger partial charge in [-0.1, -0.05) is 34.6 Å². The lowest BCUT2D eigenvalue weighted by Gasteiger charge is -2.22. The second-order valence-corrected chi connectivity index (χ2v) is 7.98. The van der Waals surface area contributed by atoms with Crippen LogP contribution in [0.3, 0.4) is 0 Å². The van der Waals surface area contributed by atoms with Crippen LogP contribution in [0.25, 0.3) is 0 Å². The van der Waals surface area contributed by atoms with E-state index < -0.39 is 10.0 Å². The van der Waals surface area contributed by atoms with Crippen molar-refractivity contribution in [2.45, 2.75) is 47.1 Å². The van der Waals surface area contributed by atoms with Crippen LogP contribution in [0.15, 0.2) is 0 Å². The van der Waals surface area contributed by atoms with E-state index in [-0.39, 0.29) is 17.2 Å². The first-order chi connectivity index (χ1) is 7.06. The van der Waals surface area contributed by atoms with E-state index in [9.17, 15) is 8.42 Å². The molecule has 0 aromatic rings. The molecule has 0 radical (unpaired) electrons. The lowest BCUT2D eigenvalue weighted by atomic mass is 10.0. The van der Waals surface area contributed by atoms with Crippen molar-refractivity contribution in [3.05, 3.63) is 0 Å². The van der Waals surface area contributed by atoms with Crippen LogP contribution in [0.2, 0.25) is 0 Å². The van der Waals surface area contributed by atoms with E-state index in [2.05, 4.69) is 18.6 Å². The summed E-state index contributed by atoms with van der Waals surface area (Å²) in [6, 6.07) is -0.158. The zero-order valence-electron chi connectivity index (χ0n) is 10.9. The highest BCUT2D eigenvalue weighted by molar-refractivity contribution is 7.89. The van der Waals surface area contributed by atoms with Crippen LogP contribution < -0.4 is 4.72 Å². The Hall–Kier alpha value is 0.200. The molecule has 0 saturated carbocycles. The van der Waals surface area contributed by atoms with Crippen molar-refractivity contribution in [3.63, 3.8) is 0 Å². The van der Waals surface area contributed by atoms with Crippen molar-refractivity contribution in [1.82, 2.24) is 4.72 Å². The standard InChI is InChI=1S/C11H24ClNO2S/c1-9(2)6-10(7-12)13-16(14,15)8-11(3,4)5/h9-10,13H,6-8H2,1-5H3. The van der Waals surface area contributed by atoms with Crippen molar-refractivity contribution in [3.8, 4) is 0 Å². The molecule has 0 spiro atoms. The molecular weight excluding hydrogens is 246 g/mol. The summed E-state index contributed by atoms with van der Waals surface area (Å²) in [5.41, 5.74) is -0.236. The fourth-order valence-corrected chi connectivity index (χ4v) is 3.78. The van der Waals surface area contributed by atoms with Crippen LogP contribution in [0.4, 0.5) is 0 Å². The Balaban J connectivity index is 4.44. The van der Waals surface area contributed by atoms with Gasteiger partial charge in [0.05, 0.1) is 5.75 Å². The Morgan fingerprint density at radius 1 is 1.25 bits per heavy atom. The van der Waals surface area contributed by atoms with Gasteiger partial charge in [0.25, 0.3) is 0 Å². The number of sulfonamides is 1. The van der Waals surface area contributed by atoms with Crippen LogP contribution in [0, 0.1) is 11.3 Å². The molecule has 98 valence electrons. The molecule has 1 unspecified atom stereocenters. The van der Waals surface area contributed by atoms with E-state index in [1.807, 2.05) is 20.8 Å². The summed E-state index contributed by atoms with van der Waals surface area (Å²) in [6.45, 7) is 9.83. The SMILES string of the molecule is CC(C)CC(CCl)NS(=O)(=O)CC(C)(C)C. The van der Waals surface area contributed by atoms with Crippen molar-refractivity contribution in [2.75, 3.05) is 11.6 Å². The molecule has 0 aliphatic heterocycles. The molecule has 16 heavy (non-hydrogen) atoms. The maximum absolute atomic E-state index is 11.8. The highest BCUT2D eigenvalue weighted by atomic mass is 35.5. The number of hydrogen-bond acceptors (Lipinski definition) is 2. The van der Waals surface area contributed by atoms with Crippen LogP contribution in [0.1, 0.15) is 41.0 Å². The van der Waals surface area contributed by atoms with E-state index in [0.717, 1.165) is 6.42 Å². The molecule has 0 aromatic heterocycles. The maximum atomic E-state index is 11.8. The van der Waals surface area contributed by atoms with Crippen LogP contribution in [-0.2, 0) is 10.0 Å². The van der Waals surface area contributed by atoms with Gasteiger partial charge < -0.3 is 0 Å². The highest BCUT2D eigenvalue weighted by Gasteiger charge is 2.24. The van der Waals surface area contributed by atoms with Crippen molar-refractivity contribution < 1.29 is 8.42 Å². The maximum Gasteiger partial charge on any atom is 0.212 e. The van der Waals surface area contributed by atoms with Crippen molar-refractivity contribution >= 4 is 21.6 Å². The lowest BCUT2D eigenvalue weighted by Crippen LogP contribution is -2.41. The Morgan fingerprint density at radius 3 is 2.06 bits per heavy atom. The van der Waals surface area contributed by atoms with Gasteiger partial charge in [-0.2, -0.15) is 0 Å². The average molecular weight is 270 g/mol. The number of nitrogens with one attached hydrogen (secondary N) is 1. The minimum Gasteiger partial charge on any atom is -0.212 e. The molecule has 0 aromatic carbocycles. The molecule has 3 nitrogen and oxygen atoms in total. The van der Waals surface area contributed by atoms with Crippen LogP contribution >= 0.6 is 11.6 Å². The second-order valence-electron chi connectivity index (χ2n) is 5.92. The first-order valence-electron chi connectivity index (χ1n) is 5.62. The van der Waals surface area contributed by atoms with E-state index in [0.29, 0.717) is 11.8 Å². The summed E-state index contributed by atoms with van der Waals surface area (Å²) >= 11 is 5.76. The molecule has 1 N–H and O–H groups in total. The molecular formula is C11H24ClNO2S. The molecule has 0 bridgehead atoms. The molecule has 0 amide bonds. The van der Waals surface area contributed by atoms with Gasteiger partial charge in [-0.15, -0.1) is 11.6 Å². The number of alkyl halides is 1. The lowest BCUT2D eigenvalue weighted by molar-refractivity contribution is 0.445. The van der Waals surface area contributed by atoms with Gasteiger partial charge in [-0.05, 0) is 17.8 Å². The normalized spacial score (nSPS) is 15.4. The Bertz CT molecular complexity index is 294. The largest absolute Gasteiger partial charge is 0.212 e. The Labute approximate surface area is 105 Å². The van der Waals surface area contributed by atoms with Gasteiger partial charge in [0.15, 0.2) is 0 Å². The number of hydrogen-bond donors (Lipinski definition) is 1. The summed E-state index contributed by atoms with van der Waals surface area (Å²) in [5.74, 6) is 0.883. The van der Waals surface area contributed by atoms with E-state index in [4.69, 9.17) is 11.6 Å². The first-order valence-corrected chi connectivity index (χ1v) is 7.80. The molecule has 0 saturated heterocycles. The zero-order chi connectivity index (χ0) is 13.0. The smallest absolute Gasteiger partial charge is 0.212 e. The molecule has 1 atom stereocenters. The third kappa shape index (κ3) is 8.36. The van der Waals surface area contributed by atoms with Gasteiger partial charge in [0.1, 0.15) is 0 Å².